The third-order valence-corrected chi connectivity index (χ3v) is 8.20. The minimum atomic E-state index is -1.83. The summed E-state index contributed by atoms with van der Waals surface area (Å²) in [4.78, 5) is 62.1. The largest absolute Gasteiger partial charge is 0.509 e. The molecule has 2 unspecified atom stereocenters. The molecule has 1 aliphatic carbocycles. The van der Waals surface area contributed by atoms with Gasteiger partial charge >= 0.3 is 11.3 Å². The number of rotatable bonds is 12. The number of β-lactam (4-membered cyclic amide) rings is 1. The van der Waals surface area contributed by atoms with Gasteiger partial charge in [0.05, 0.1) is 23.4 Å². The van der Waals surface area contributed by atoms with E-state index in [1.165, 1.54) is 24.3 Å². The maximum atomic E-state index is 13.8. The molecule has 1 saturated heterocycles. The number of hydrogen-bond acceptors (Lipinski definition) is 11. The number of alkyl halides is 1. The van der Waals surface area contributed by atoms with E-state index in [9.17, 15) is 34.4 Å². The van der Waals surface area contributed by atoms with E-state index in [1.54, 1.807) is 30.3 Å². The lowest BCUT2D eigenvalue weighted by molar-refractivity contribution is -0.384. The zero-order chi connectivity index (χ0) is 30.4. The number of benzene rings is 2. The number of amides is 2. The molecule has 0 bridgehead atoms. The molecule has 2 aliphatic rings. The molecule has 1 saturated carbocycles. The van der Waals surface area contributed by atoms with E-state index in [1.807, 2.05) is 0 Å². The van der Waals surface area contributed by atoms with Gasteiger partial charge in [0.15, 0.2) is 17.2 Å². The van der Waals surface area contributed by atoms with Crippen LogP contribution in [0.2, 0.25) is 0 Å². The molecule has 2 aromatic rings. The van der Waals surface area contributed by atoms with Crippen LogP contribution in [0.3, 0.4) is 0 Å². The minimum absolute atomic E-state index is 0.142. The third kappa shape index (κ3) is 6.68. The standard InChI is InChI=1S/C27H26BrN3O10S/c1-39-26(36)42-27(29-21(33)15-40-19-5-3-2-4-6-19)23(17-9-10-17)30(25(27)35)22(20(32)13-28)24(34)41-14-16-7-11-18(12-8-16)31(37)38/h2-8,11-12,17,23,32H,9-10,13-15H2,1H3,(H,29,33). The average Bonchev–Trinajstić information content (AvgIpc) is 3.83. The van der Waals surface area contributed by atoms with Gasteiger partial charge in [-0.1, -0.05) is 34.1 Å². The lowest BCUT2D eigenvalue weighted by atomic mass is 9.88. The maximum absolute atomic E-state index is 13.8. The summed E-state index contributed by atoms with van der Waals surface area (Å²) in [7, 11) is 1.13. The number of non-ortho nitro benzene ring substituents is 1. The van der Waals surface area contributed by atoms with Crippen molar-refractivity contribution in [3.8, 4) is 5.75 Å². The molecule has 222 valence electrons. The molecule has 2 N–H and O–H groups in total. The quantitative estimate of drug-likeness (QED) is 0.0494. The number of nitro groups is 1. The minimum Gasteiger partial charge on any atom is -0.509 e. The summed E-state index contributed by atoms with van der Waals surface area (Å²) in [6.07, 6.45) is 1.27. The first-order valence-electron chi connectivity index (χ1n) is 12.6. The molecule has 13 nitrogen and oxygen atoms in total. The van der Waals surface area contributed by atoms with Gasteiger partial charge in [-0.05, 0) is 60.4 Å². The Morgan fingerprint density at radius 1 is 1.17 bits per heavy atom. The Hall–Kier alpha value is -4.11. The number of carbonyl (C=O) groups is 4. The Labute approximate surface area is 252 Å². The summed E-state index contributed by atoms with van der Waals surface area (Å²) in [6, 6.07) is 12.9. The number of likely N-dealkylation sites (tertiary alicyclic amines) is 1. The molecule has 2 aromatic carbocycles. The van der Waals surface area contributed by atoms with Crippen LogP contribution < -0.4 is 10.1 Å². The number of para-hydroxylation sites is 1. The number of halogens is 1. The number of nitrogens with one attached hydrogen (secondary N) is 1. The van der Waals surface area contributed by atoms with Crippen LogP contribution in [-0.2, 0) is 30.5 Å². The van der Waals surface area contributed by atoms with Crippen LogP contribution >= 0.6 is 27.7 Å². The van der Waals surface area contributed by atoms with Gasteiger partial charge < -0.3 is 24.6 Å². The zero-order valence-electron chi connectivity index (χ0n) is 22.2. The Balaban J connectivity index is 1.57. The molecule has 0 radical (unpaired) electrons. The molecule has 0 spiro atoms. The average molecular weight is 664 g/mol. The van der Waals surface area contributed by atoms with Crippen LogP contribution in [0, 0.1) is 16.0 Å². The number of esters is 1. The van der Waals surface area contributed by atoms with Crippen molar-refractivity contribution in [2.45, 2.75) is 30.4 Å². The van der Waals surface area contributed by atoms with E-state index in [0.29, 0.717) is 35.9 Å². The lowest BCUT2D eigenvalue weighted by Crippen LogP contribution is -2.79. The smallest absolute Gasteiger partial charge is 0.369 e. The number of ether oxygens (including phenoxy) is 3. The number of hydrogen-bond donors (Lipinski definition) is 2. The van der Waals surface area contributed by atoms with Crippen molar-refractivity contribution in [2.24, 2.45) is 5.92 Å². The number of allylic oxidation sites excluding steroid dienone is 1. The number of aliphatic hydroxyl groups excluding tert-OH is 1. The molecule has 0 aromatic heterocycles. The van der Waals surface area contributed by atoms with Gasteiger partial charge in [-0.2, -0.15) is 0 Å². The summed E-state index contributed by atoms with van der Waals surface area (Å²) < 4.78 is 15.6. The van der Waals surface area contributed by atoms with E-state index < -0.39 is 57.0 Å². The predicted octanol–water partition coefficient (Wildman–Crippen LogP) is 3.81. The molecule has 1 aliphatic heterocycles. The molecule has 42 heavy (non-hydrogen) atoms. The van der Waals surface area contributed by atoms with Gasteiger partial charge in [0.2, 0.25) is 0 Å². The second-order valence-corrected chi connectivity index (χ2v) is 11.1. The van der Waals surface area contributed by atoms with Gasteiger partial charge in [0.25, 0.3) is 17.5 Å². The topological polar surface area (TPSA) is 175 Å². The van der Waals surface area contributed by atoms with Crippen molar-refractivity contribution >= 4 is 56.5 Å². The lowest BCUT2D eigenvalue weighted by Gasteiger charge is -2.55. The molecular weight excluding hydrogens is 638 g/mol. The number of aliphatic hydroxyl groups is 1. The highest BCUT2D eigenvalue weighted by Gasteiger charge is 2.69. The van der Waals surface area contributed by atoms with Crippen LogP contribution in [0.25, 0.3) is 0 Å². The summed E-state index contributed by atoms with van der Waals surface area (Å²) in [5.74, 6) is -2.86. The first kappa shape index (κ1) is 30.8. The highest BCUT2D eigenvalue weighted by Crippen LogP contribution is 2.53. The Kier molecular flexibility index (Phi) is 9.73. The maximum Gasteiger partial charge on any atom is 0.369 e. The first-order chi connectivity index (χ1) is 20.1. The van der Waals surface area contributed by atoms with E-state index >= 15 is 0 Å². The van der Waals surface area contributed by atoms with Crippen molar-refractivity contribution in [3.63, 3.8) is 0 Å². The molecule has 2 amide bonds. The van der Waals surface area contributed by atoms with Crippen molar-refractivity contribution in [2.75, 3.05) is 19.0 Å². The van der Waals surface area contributed by atoms with E-state index in [0.717, 1.165) is 12.0 Å². The van der Waals surface area contributed by atoms with Gasteiger partial charge in [0, 0.05) is 12.1 Å². The highest BCUT2D eigenvalue weighted by molar-refractivity contribution is 9.09. The molecule has 2 atom stereocenters. The fraction of sp³-hybridized carbons (Fsp3) is 0.333. The number of carbonyl (C=O) groups excluding carboxylic acids is 4. The Bertz CT molecular complexity index is 1400. The second kappa shape index (κ2) is 13.2. The van der Waals surface area contributed by atoms with Gasteiger partial charge in [0.1, 0.15) is 18.1 Å². The number of nitrogens with zero attached hydrogens (tertiary/aromatic N) is 2. The summed E-state index contributed by atoms with van der Waals surface area (Å²) in [5.41, 5.74) is -0.162. The normalized spacial score (nSPS) is 20.1. The van der Waals surface area contributed by atoms with E-state index in [-0.39, 0.29) is 23.5 Å². The van der Waals surface area contributed by atoms with Crippen LogP contribution in [0.15, 0.2) is 66.1 Å². The number of nitro benzene ring substituents is 1. The SMILES string of the molecule is COC(=O)SC1(NC(=O)COc2ccccc2)C(=O)N(C(C(=O)OCc2ccc([N+](=O)[O-])cc2)=C(O)CBr)C1C1CC1. The molecule has 1 heterocycles. The van der Waals surface area contributed by atoms with Crippen molar-refractivity contribution in [1.29, 1.82) is 0 Å². The van der Waals surface area contributed by atoms with Gasteiger partial charge in [-0.15, -0.1) is 0 Å². The highest BCUT2D eigenvalue weighted by atomic mass is 79.9. The monoisotopic (exact) mass is 663 g/mol. The fourth-order valence-electron chi connectivity index (χ4n) is 4.43. The van der Waals surface area contributed by atoms with Gasteiger partial charge in [-0.25, -0.2) is 9.59 Å². The fourth-order valence-corrected chi connectivity index (χ4v) is 5.81. The molecule has 15 heteroatoms. The van der Waals surface area contributed by atoms with E-state index in [4.69, 9.17) is 14.2 Å². The van der Waals surface area contributed by atoms with Crippen molar-refractivity contribution in [3.05, 3.63) is 81.7 Å². The summed E-state index contributed by atoms with van der Waals surface area (Å²) in [6.45, 7) is -0.758. The Morgan fingerprint density at radius 3 is 2.40 bits per heavy atom. The molecule has 2 fully saturated rings. The Morgan fingerprint density at radius 2 is 1.83 bits per heavy atom. The van der Waals surface area contributed by atoms with Crippen molar-refractivity contribution in [1.82, 2.24) is 10.2 Å². The van der Waals surface area contributed by atoms with Crippen LogP contribution in [0.4, 0.5) is 10.5 Å². The molecular formula is C27H26BrN3O10S. The van der Waals surface area contributed by atoms with Crippen LogP contribution in [0.5, 0.6) is 5.75 Å². The summed E-state index contributed by atoms with van der Waals surface area (Å²) in [5, 5.41) is 23.2. The molecule has 4 rings (SSSR count). The van der Waals surface area contributed by atoms with Crippen molar-refractivity contribution < 1.29 is 43.4 Å². The number of thioether (sulfide) groups is 1. The van der Waals surface area contributed by atoms with Gasteiger partial charge in [-0.3, -0.25) is 24.6 Å². The van der Waals surface area contributed by atoms with Crippen LogP contribution in [0.1, 0.15) is 18.4 Å². The second-order valence-electron chi connectivity index (χ2n) is 9.33. The number of methoxy groups -OCH3 is 1. The third-order valence-electron chi connectivity index (χ3n) is 6.50. The van der Waals surface area contributed by atoms with Crippen LogP contribution in [-0.4, -0.2) is 68.0 Å². The summed E-state index contributed by atoms with van der Waals surface area (Å²) >= 11 is 3.57. The first-order valence-corrected chi connectivity index (χ1v) is 14.5. The van der Waals surface area contributed by atoms with E-state index in [2.05, 4.69) is 21.2 Å². The zero-order valence-corrected chi connectivity index (χ0v) is 24.6. The predicted molar refractivity (Wildman–Crippen MR) is 153 cm³/mol.